The topological polar surface area (TPSA) is 74.2 Å². The highest BCUT2D eigenvalue weighted by Gasteiger charge is 2.39. The molecule has 1 atom stereocenters. The van der Waals surface area contributed by atoms with Crippen LogP contribution in [0, 0.1) is 0 Å². The van der Waals surface area contributed by atoms with Gasteiger partial charge in [-0.3, -0.25) is 0 Å². The van der Waals surface area contributed by atoms with Crippen molar-refractivity contribution in [3.05, 3.63) is 71.8 Å². The summed E-state index contributed by atoms with van der Waals surface area (Å²) in [6.45, 7) is 1.26. The maximum Gasteiger partial charge on any atom is 0.328 e. The Morgan fingerprint density at radius 2 is 1.82 bits per heavy atom. The van der Waals surface area contributed by atoms with Gasteiger partial charge in [-0.15, -0.1) is 0 Å². The zero-order valence-corrected chi connectivity index (χ0v) is 15.8. The monoisotopic (exact) mass is 384 g/mol. The minimum absolute atomic E-state index is 0.255. The number of carboxylic acid groups (broad SMARTS) is 1. The highest BCUT2D eigenvalue weighted by molar-refractivity contribution is 5.80. The highest BCUT2D eigenvalue weighted by Crippen LogP contribution is 2.31. The van der Waals surface area contributed by atoms with Gasteiger partial charge in [0.15, 0.2) is 0 Å². The number of hydrogen-bond acceptors (Lipinski definition) is 5. The van der Waals surface area contributed by atoms with E-state index in [9.17, 15) is 4.79 Å². The van der Waals surface area contributed by atoms with Crippen molar-refractivity contribution in [2.45, 2.75) is 18.6 Å². The van der Waals surface area contributed by atoms with Crippen molar-refractivity contribution in [1.82, 2.24) is 0 Å². The van der Waals surface area contributed by atoms with Crippen LogP contribution in [-0.2, 0) is 20.9 Å². The van der Waals surface area contributed by atoms with Gasteiger partial charge in [0.2, 0.25) is 0 Å². The standard InChI is InChI=1S/C22H24O6/c1-25-19-7-9-20(10-8-19)27-16-22(12-18(14-28-22)11-21(23)24)15-26-13-17-5-3-2-4-6-17/h2-11H,12-16H2,1H3,(H,23,24)/b18-11+. The molecule has 0 saturated carbocycles. The molecule has 2 aromatic rings. The Morgan fingerprint density at radius 3 is 2.50 bits per heavy atom. The van der Waals surface area contributed by atoms with E-state index in [1.54, 1.807) is 7.11 Å². The molecule has 1 unspecified atom stereocenters. The van der Waals surface area contributed by atoms with Crippen LogP contribution in [0.25, 0.3) is 0 Å². The summed E-state index contributed by atoms with van der Waals surface area (Å²) >= 11 is 0. The number of carboxylic acids is 1. The van der Waals surface area contributed by atoms with Crippen LogP contribution in [0.5, 0.6) is 11.5 Å². The summed E-state index contributed by atoms with van der Waals surface area (Å²) < 4.78 is 22.9. The van der Waals surface area contributed by atoms with Crippen LogP contribution >= 0.6 is 0 Å². The van der Waals surface area contributed by atoms with Crippen molar-refractivity contribution >= 4 is 5.97 Å². The molecule has 1 aliphatic heterocycles. The molecule has 1 heterocycles. The third kappa shape index (κ3) is 5.58. The summed E-state index contributed by atoms with van der Waals surface area (Å²) in [4.78, 5) is 11.0. The maximum atomic E-state index is 11.0. The fourth-order valence-corrected chi connectivity index (χ4v) is 3.07. The molecular formula is C22H24O6. The Kier molecular flexibility index (Phi) is 6.68. The summed E-state index contributed by atoms with van der Waals surface area (Å²) in [5.74, 6) is 0.454. The van der Waals surface area contributed by atoms with Gasteiger partial charge in [-0.2, -0.15) is 0 Å². The van der Waals surface area contributed by atoms with E-state index in [1.807, 2.05) is 54.6 Å². The molecule has 0 bridgehead atoms. The molecule has 0 spiro atoms. The molecule has 0 aliphatic carbocycles. The largest absolute Gasteiger partial charge is 0.497 e. The molecule has 1 aliphatic rings. The van der Waals surface area contributed by atoms with Crippen LogP contribution in [0.2, 0.25) is 0 Å². The van der Waals surface area contributed by atoms with Crippen molar-refractivity contribution in [3.8, 4) is 11.5 Å². The second kappa shape index (κ2) is 9.39. The second-order valence-corrected chi connectivity index (χ2v) is 6.73. The lowest BCUT2D eigenvalue weighted by molar-refractivity contribution is -0.131. The smallest absolute Gasteiger partial charge is 0.328 e. The number of hydrogen-bond donors (Lipinski definition) is 1. The third-order valence-corrected chi connectivity index (χ3v) is 4.48. The van der Waals surface area contributed by atoms with E-state index >= 15 is 0 Å². The molecule has 148 valence electrons. The van der Waals surface area contributed by atoms with Crippen LogP contribution in [0.1, 0.15) is 12.0 Å². The molecule has 0 radical (unpaired) electrons. The van der Waals surface area contributed by atoms with E-state index in [2.05, 4.69) is 0 Å². The minimum Gasteiger partial charge on any atom is -0.497 e. The van der Waals surface area contributed by atoms with Crippen molar-refractivity contribution in [1.29, 1.82) is 0 Å². The summed E-state index contributed by atoms with van der Waals surface area (Å²) in [6, 6.07) is 17.1. The van der Waals surface area contributed by atoms with Gasteiger partial charge in [0.25, 0.3) is 0 Å². The molecule has 2 aromatic carbocycles. The van der Waals surface area contributed by atoms with Gasteiger partial charge in [-0.05, 0) is 35.4 Å². The maximum absolute atomic E-state index is 11.0. The Balaban J connectivity index is 1.64. The lowest BCUT2D eigenvalue weighted by Gasteiger charge is -2.28. The van der Waals surface area contributed by atoms with Gasteiger partial charge in [-0.1, -0.05) is 30.3 Å². The van der Waals surface area contributed by atoms with Crippen molar-refractivity contribution in [3.63, 3.8) is 0 Å². The molecule has 1 saturated heterocycles. The Hall–Kier alpha value is -2.83. The summed E-state index contributed by atoms with van der Waals surface area (Å²) in [5, 5.41) is 9.02. The van der Waals surface area contributed by atoms with Gasteiger partial charge >= 0.3 is 5.97 Å². The first-order valence-corrected chi connectivity index (χ1v) is 9.03. The first-order valence-electron chi connectivity index (χ1n) is 9.03. The third-order valence-electron chi connectivity index (χ3n) is 4.48. The average molecular weight is 384 g/mol. The fourth-order valence-electron chi connectivity index (χ4n) is 3.07. The van der Waals surface area contributed by atoms with Crippen molar-refractivity contribution in [2.75, 3.05) is 26.9 Å². The SMILES string of the molecule is COc1ccc(OCC2(COCc3ccccc3)C/C(=C\C(=O)O)CO2)cc1. The molecule has 3 rings (SSSR count). The van der Waals surface area contributed by atoms with Crippen LogP contribution in [0.4, 0.5) is 0 Å². The van der Waals surface area contributed by atoms with E-state index in [-0.39, 0.29) is 13.2 Å². The Labute approximate surface area is 164 Å². The molecular weight excluding hydrogens is 360 g/mol. The lowest BCUT2D eigenvalue weighted by Crippen LogP contribution is -2.40. The highest BCUT2D eigenvalue weighted by atomic mass is 16.6. The second-order valence-electron chi connectivity index (χ2n) is 6.73. The van der Waals surface area contributed by atoms with Gasteiger partial charge in [0.1, 0.15) is 23.7 Å². The average Bonchev–Trinajstić information content (AvgIpc) is 3.10. The van der Waals surface area contributed by atoms with E-state index in [0.29, 0.717) is 31.0 Å². The van der Waals surface area contributed by atoms with Crippen LogP contribution in [0.3, 0.4) is 0 Å². The summed E-state index contributed by atoms with van der Waals surface area (Å²) in [6.07, 6.45) is 1.65. The molecule has 6 heteroatoms. The molecule has 0 amide bonds. The predicted octanol–water partition coefficient (Wildman–Crippen LogP) is 3.46. The number of rotatable bonds is 9. The minimum atomic E-state index is -0.976. The van der Waals surface area contributed by atoms with Crippen molar-refractivity contribution < 1.29 is 28.8 Å². The zero-order chi connectivity index (χ0) is 19.8. The van der Waals surface area contributed by atoms with Crippen LogP contribution < -0.4 is 9.47 Å². The molecule has 1 N–H and O–H groups in total. The van der Waals surface area contributed by atoms with Gasteiger partial charge in [0.05, 0.1) is 26.9 Å². The van der Waals surface area contributed by atoms with E-state index in [4.69, 9.17) is 24.1 Å². The first kappa shape index (κ1) is 19.9. The van der Waals surface area contributed by atoms with Gasteiger partial charge in [0, 0.05) is 12.5 Å². The molecule has 1 fully saturated rings. The number of ether oxygens (including phenoxy) is 4. The zero-order valence-electron chi connectivity index (χ0n) is 15.8. The summed E-state index contributed by atoms with van der Waals surface area (Å²) in [7, 11) is 1.61. The first-order chi connectivity index (χ1) is 13.6. The predicted molar refractivity (Wildman–Crippen MR) is 104 cm³/mol. The number of benzene rings is 2. The van der Waals surface area contributed by atoms with E-state index in [1.165, 1.54) is 6.08 Å². The lowest BCUT2D eigenvalue weighted by atomic mass is 9.99. The van der Waals surface area contributed by atoms with Crippen LogP contribution in [-0.4, -0.2) is 43.6 Å². The number of methoxy groups -OCH3 is 1. The Bertz CT molecular complexity index is 800. The normalized spacial score (nSPS) is 20.2. The molecule has 6 nitrogen and oxygen atoms in total. The van der Waals surface area contributed by atoms with Gasteiger partial charge < -0.3 is 24.1 Å². The summed E-state index contributed by atoms with van der Waals surface area (Å²) in [5.41, 5.74) is 1.05. The Morgan fingerprint density at radius 1 is 1.11 bits per heavy atom. The van der Waals surface area contributed by atoms with Crippen molar-refractivity contribution in [2.24, 2.45) is 0 Å². The van der Waals surface area contributed by atoms with E-state index in [0.717, 1.165) is 11.3 Å². The molecule has 28 heavy (non-hydrogen) atoms. The fraction of sp³-hybridized carbons (Fsp3) is 0.318. The molecule has 0 aromatic heterocycles. The van der Waals surface area contributed by atoms with E-state index < -0.39 is 11.6 Å². The van der Waals surface area contributed by atoms with Gasteiger partial charge in [-0.25, -0.2) is 4.79 Å². The quantitative estimate of drug-likeness (QED) is 0.668. The van der Waals surface area contributed by atoms with Crippen LogP contribution in [0.15, 0.2) is 66.2 Å². The number of aliphatic carboxylic acids is 1. The number of carbonyl (C=O) groups is 1.